The van der Waals surface area contributed by atoms with Crippen LogP contribution in [0.4, 0.5) is 4.79 Å². The average molecular weight is 306 g/mol. The summed E-state index contributed by atoms with van der Waals surface area (Å²) in [6, 6.07) is 5.64. The van der Waals surface area contributed by atoms with Gasteiger partial charge < -0.3 is 5.11 Å². The summed E-state index contributed by atoms with van der Waals surface area (Å²) in [4.78, 5) is 12.4. The molecule has 1 amide bonds. The predicted molar refractivity (Wildman–Crippen MR) is 73.1 cm³/mol. The van der Waals surface area contributed by atoms with E-state index in [1.807, 2.05) is 6.07 Å². The Morgan fingerprint density at radius 1 is 1.43 bits per heavy atom. The second kappa shape index (κ2) is 4.74. The number of amides is 1. The van der Waals surface area contributed by atoms with E-state index in [1.54, 1.807) is 6.07 Å². The van der Waals surface area contributed by atoms with Gasteiger partial charge in [0, 0.05) is 0 Å². The minimum absolute atomic E-state index is 0.0513. The first-order valence-electron chi connectivity index (χ1n) is 6.67. The van der Waals surface area contributed by atoms with E-state index >= 15 is 0 Å². The van der Waals surface area contributed by atoms with Crippen molar-refractivity contribution in [1.82, 2.24) is 4.90 Å². The summed E-state index contributed by atoms with van der Waals surface area (Å²) in [5, 5.41) is 18.2. The maximum Gasteiger partial charge on any atom is 0.408 e. The first kappa shape index (κ1) is 13.9. The fourth-order valence-corrected chi connectivity index (χ4v) is 4.37. The van der Waals surface area contributed by atoms with Crippen LogP contribution in [0, 0.1) is 17.2 Å². The Morgan fingerprint density at radius 3 is 2.71 bits per heavy atom. The zero-order valence-electron chi connectivity index (χ0n) is 11.2. The van der Waals surface area contributed by atoms with Crippen molar-refractivity contribution >= 4 is 15.9 Å². The molecule has 0 saturated heterocycles. The zero-order valence-corrected chi connectivity index (χ0v) is 12.0. The maximum atomic E-state index is 12.3. The van der Waals surface area contributed by atoms with Crippen LogP contribution in [0.1, 0.15) is 30.0 Å². The van der Waals surface area contributed by atoms with Crippen LogP contribution in [-0.4, -0.2) is 30.3 Å². The molecule has 7 heteroatoms. The van der Waals surface area contributed by atoms with Crippen molar-refractivity contribution in [3.05, 3.63) is 29.3 Å². The predicted octanol–water partition coefficient (Wildman–Crippen LogP) is 1.93. The van der Waals surface area contributed by atoms with E-state index < -0.39 is 22.0 Å². The summed E-state index contributed by atoms with van der Waals surface area (Å²) in [7, 11) is -3.33. The van der Waals surface area contributed by atoms with E-state index in [-0.39, 0.29) is 23.1 Å². The number of carbonyl (C=O) groups is 1. The Labute approximate surface area is 122 Å². The standard InChI is InChI=1S/C14H14N2O4S/c15-6-13-12-4-3-11(21(19,20)8-9-1-2-9)5-10(12)7-16(13)14(17)18/h3-5,9,13H,1-2,7-8H2,(H,17,18). The lowest BCUT2D eigenvalue weighted by molar-refractivity contribution is 0.138. The van der Waals surface area contributed by atoms with Gasteiger partial charge in [0.1, 0.15) is 6.04 Å². The number of nitrogens with zero attached hydrogens (tertiary/aromatic N) is 2. The topological polar surface area (TPSA) is 98.5 Å². The third kappa shape index (κ3) is 2.47. The molecule has 1 N–H and O–H groups in total. The Kier molecular flexibility index (Phi) is 3.14. The van der Waals surface area contributed by atoms with Gasteiger partial charge in [0.15, 0.2) is 9.84 Å². The lowest BCUT2D eigenvalue weighted by atomic mass is 10.1. The van der Waals surface area contributed by atoms with Gasteiger partial charge >= 0.3 is 6.09 Å². The lowest BCUT2D eigenvalue weighted by Gasteiger charge is -2.14. The molecule has 21 heavy (non-hydrogen) atoms. The van der Waals surface area contributed by atoms with E-state index in [0.29, 0.717) is 11.1 Å². The molecule has 110 valence electrons. The van der Waals surface area contributed by atoms with Gasteiger partial charge in [-0.25, -0.2) is 13.2 Å². The molecule has 1 aromatic rings. The number of hydrogen-bond acceptors (Lipinski definition) is 4. The van der Waals surface area contributed by atoms with Gasteiger partial charge in [0.2, 0.25) is 0 Å². The van der Waals surface area contributed by atoms with E-state index in [0.717, 1.165) is 17.7 Å². The highest BCUT2D eigenvalue weighted by atomic mass is 32.2. The van der Waals surface area contributed by atoms with Crippen molar-refractivity contribution in [2.24, 2.45) is 5.92 Å². The molecule has 1 aromatic carbocycles. The molecule has 3 rings (SSSR count). The highest BCUT2D eigenvalue weighted by Crippen LogP contribution is 2.36. The van der Waals surface area contributed by atoms with Crippen LogP contribution in [0.3, 0.4) is 0 Å². The zero-order chi connectivity index (χ0) is 15.2. The smallest absolute Gasteiger partial charge is 0.408 e. The van der Waals surface area contributed by atoms with Crippen LogP contribution in [0.15, 0.2) is 23.1 Å². The number of rotatable bonds is 3. The van der Waals surface area contributed by atoms with Crippen LogP contribution >= 0.6 is 0 Å². The molecule has 1 heterocycles. The van der Waals surface area contributed by atoms with Crippen molar-refractivity contribution in [3.63, 3.8) is 0 Å². The van der Waals surface area contributed by atoms with Gasteiger partial charge in [-0.3, -0.25) is 4.90 Å². The van der Waals surface area contributed by atoms with E-state index in [9.17, 15) is 13.2 Å². The molecule has 1 atom stereocenters. The summed E-state index contributed by atoms with van der Waals surface area (Å²) in [5.41, 5.74) is 1.17. The summed E-state index contributed by atoms with van der Waals surface area (Å²) in [5.74, 6) is 0.404. The number of hydrogen-bond donors (Lipinski definition) is 1. The molecule has 1 saturated carbocycles. The number of carboxylic acid groups (broad SMARTS) is 1. The van der Waals surface area contributed by atoms with Crippen LogP contribution in [0.25, 0.3) is 0 Å². The molecular weight excluding hydrogens is 292 g/mol. The summed E-state index contributed by atoms with van der Waals surface area (Å²) < 4.78 is 24.5. The van der Waals surface area contributed by atoms with Gasteiger partial charge in [-0.1, -0.05) is 6.07 Å². The molecular formula is C14H14N2O4S. The van der Waals surface area contributed by atoms with Gasteiger partial charge in [-0.05, 0) is 42.0 Å². The third-order valence-electron chi connectivity index (χ3n) is 3.94. The van der Waals surface area contributed by atoms with Gasteiger partial charge in [-0.15, -0.1) is 0 Å². The Bertz CT molecular complexity index is 747. The molecule has 0 spiro atoms. The van der Waals surface area contributed by atoms with Crippen molar-refractivity contribution in [2.75, 3.05) is 5.75 Å². The maximum absolute atomic E-state index is 12.3. The molecule has 1 fully saturated rings. The monoisotopic (exact) mass is 306 g/mol. The largest absolute Gasteiger partial charge is 0.465 e. The van der Waals surface area contributed by atoms with Crippen molar-refractivity contribution in [2.45, 2.75) is 30.3 Å². The van der Waals surface area contributed by atoms with Crippen LogP contribution in [0.2, 0.25) is 0 Å². The number of nitriles is 1. The molecule has 1 aliphatic carbocycles. The summed E-state index contributed by atoms with van der Waals surface area (Å²) in [6.07, 6.45) is 0.723. The first-order chi connectivity index (χ1) is 9.92. The fourth-order valence-electron chi connectivity index (χ4n) is 2.63. The second-order valence-electron chi connectivity index (χ2n) is 5.53. The van der Waals surface area contributed by atoms with Crippen LogP contribution in [-0.2, 0) is 16.4 Å². The average Bonchev–Trinajstić information content (AvgIpc) is 3.14. The molecule has 2 aliphatic rings. The quantitative estimate of drug-likeness (QED) is 0.920. The molecule has 6 nitrogen and oxygen atoms in total. The Hall–Kier alpha value is -2.07. The van der Waals surface area contributed by atoms with Crippen LogP contribution < -0.4 is 0 Å². The molecule has 0 aromatic heterocycles. The highest BCUT2D eigenvalue weighted by molar-refractivity contribution is 7.91. The summed E-state index contributed by atoms with van der Waals surface area (Å²) in [6.45, 7) is 0.0513. The molecule has 1 unspecified atom stereocenters. The van der Waals surface area contributed by atoms with Gasteiger partial charge in [-0.2, -0.15) is 5.26 Å². The van der Waals surface area contributed by atoms with Crippen molar-refractivity contribution in [3.8, 4) is 6.07 Å². The second-order valence-corrected chi connectivity index (χ2v) is 7.56. The lowest BCUT2D eigenvalue weighted by Crippen LogP contribution is -2.26. The van der Waals surface area contributed by atoms with Crippen LogP contribution in [0.5, 0.6) is 0 Å². The fraction of sp³-hybridized carbons (Fsp3) is 0.429. The molecule has 0 radical (unpaired) electrons. The van der Waals surface area contributed by atoms with E-state index in [2.05, 4.69) is 0 Å². The van der Waals surface area contributed by atoms with Crippen molar-refractivity contribution < 1.29 is 18.3 Å². The summed E-state index contributed by atoms with van der Waals surface area (Å²) >= 11 is 0. The minimum atomic E-state index is -3.33. The highest BCUT2D eigenvalue weighted by Gasteiger charge is 2.35. The van der Waals surface area contributed by atoms with E-state index in [4.69, 9.17) is 10.4 Å². The minimum Gasteiger partial charge on any atom is -0.465 e. The third-order valence-corrected chi connectivity index (χ3v) is 5.82. The Balaban J connectivity index is 1.95. The normalized spacial score (nSPS) is 20.9. The van der Waals surface area contributed by atoms with Crippen molar-refractivity contribution in [1.29, 1.82) is 5.26 Å². The van der Waals surface area contributed by atoms with Gasteiger partial charge in [0.25, 0.3) is 0 Å². The molecule has 1 aliphatic heterocycles. The molecule has 0 bridgehead atoms. The number of benzene rings is 1. The van der Waals surface area contributed by atoms with Gasteiger partial charge in [0.05, 0.1) is 23.3 Å². The van der Waals surface area contributed by atoms with E-state index in [1.165, 1.54) is 12.1 Å². The SMILES string of the molecule is N#CC1c2ccc(S(=O)(=O)CC3CC3)cc2CN1C(=O)O. The first-order valence-corrected chi connectivity index (χ1v) is 8.32. The number of sulfone groups is 1. The number of fused-ring (bicyclic) bond motifs is 1. The Morgan fingerprint density at radius 2 is 2.14 bits per heavy atom.